The first-order valence-electron chi connectivity index (χ1n) is 10.1. The first-order valence-corrected chi connectivity index (χ1v) is 12.2. The van der Waals surface area contributed by atoms with Crippen LogP contribution in [0.2, 0.25) is 0 Å². The fourth-order valence-corrected chi connectivity index (χ4v) is 6.35. The van der Waals surface area contributed by atoms with Gasteiger partial charge in [0.05, 0.1) is 28.6 Å². The molecule has 8 heteroatoms. The van der Waals surface area contributed by atoms with Crippen LogP contribution in [-0.2, 0) is 24.2 Å². The van der Waals surface area contributed by atoms with Gasteiger partial charge in [-0.05, 0) is 54.9 Å². The molecule has 0 amide bonds. The zero-order valence-corrected chi connectivity index (χ0v) is 18.1. The molecular weight excluding hydrogens is 416 g/mol. The Bertz CT molecular complexity index is 879. The van der Waals surface area contributed by atoms with E-state index in [1.54, 1.807) is 0 Å². The summed E-state index contributed by atoms with van der Waals surface area (Å²) in [5, 5.41) is 10.4. The van der Waals surface area contributed by atoms with Crippen LogP contribution >= 0.6 is 11.6 Å². The van der Waals surface area contributed by atoms with Crippen LogP contribution in [0, 0.1) is 5.92 Å². The van der Waals surface area contributed by atoms with Gasteiger partial charge in [-0.3, -0.25) is 4.79 Å². The minimum atomic E-state index is -3.78. The third-order valence-electron chi connectivity index (χ3n) is 6.06. The lowest BCUT2D eigenvalue weighted by atomic mass is 9.77. The van der Waals surface area contributed by atoms with Gasteiger partial charge in [-0.1, -0.05) is 25.8 Å². The third-order valence-corrected chi connectivity index (χ3v) is 8.48. The van der Waals surface area contributed by atoms with Crippen LogP contribution in [0.4, 0.5) is 0 Å². The van der Waals surface area contributed by atoms with Crippen molar-refractivity contribution >= 4 is 33.2 Å². The molecule has 0 bridgehead atoms. The number of hydrogen-bond acceptors (Lipinski definition) is 6. The average Bonchev–Trinajstić information content (AvgIpc) is 3.20. The van der Waals surface area contributed by atoms with E-state index in [2.05, 4.69) is 0 Å². The smallest absolute Gasteiger partial charge is 0.177 e. The molecule has 0 aromatic heterocycles. The summed E-state index contributed by atoms with van der Waals surface area (Å²) in [4.78, 5) is 23.8. The molecule has 3 aliphatic carbocycles. The first-order chi connectivity index (χ1) is 13.7. The maximum absolute atomic E-state index is 13.0. The molecule has 0 aliphatic heterocycles. The van der Waals surface area contributed by atoms with Crippen LogP contribution in [0.5, 0.6) is 0 Å². The molecule has 0 aromatic carbocycles. The summed E-state index contributed by atoms with van der Waals surface area (Å²) >= 11 is 6.65. The minimum Gasteiger partial charge on any atom is -0.545 e. The van der Waals surface area contributed by atoms with E-state index in [1.807, 2.05) is 0 Å². The second kappa shape index (κ2) is 8.74. The van der Waals surface area contributed by atoms with Gasteiger partial charge in [0.15, 0.2) is 15.6 Å². The quantitative estimate of drug-likeness (QED) is 0.561. The fourth-order valence-electron chi connectivity index (χ4n) is 4.45. The number of alkyl halides is 1. The highest BCUT2D eigenvalue weighted by Gasteiger charge is 2.53. The summed E-state index contributed by atoms with van der Waals surface area (Å²) in [5.41, 5.74) is -1.52. The summed E-state index contributed by atoms with van der Waals surface area (Å²) in [5.74, 6) is -1.56. The number of halogens is 1. The topological polar surface area (TPSA) is 101 Å². The van der Waals surface area contributed by atoms with Crippen molar-refractivity contribution < 1.29 is 27.9 Å². The van der Waals surface area contributed by atoms with E-state index in [4.69, 9.17) is 16.3 Å². The zero-order valence-electron chi connectivity index (χ0n) is 16.5. The molecule has 0 heterocycles. The molecule has 29 heavy (non-hydrogen) atoms. The maximum Gasteiger partial charge on any atom is 0.177 e. The largest absolute Gasteiger partial charge is 0.545 e. The molecule has 1 fully saturated rings. The molecule has 6 nitrogen and oxygen atoms in total. The van der Waals surface area contributed by atoms with E-state index < -0.39 is 26.8 Å². The molecule has 2 unspecified atom stereocenters. The van der Waals surface area contributed by atoms with Crippen molar-refractivity contribution in [2.45, 2.75) is 62.8 Å². The van der Waals surface area contributed by atoms with Crippen molar-refractivity contribution in [2.24, 2.45) is 5.92 Å². The Morgan fingerprint density at radius 3 is 2.52 bits per heavy atom. The Kier molecular flexibility index (Phi) is 6.70. The van der Waals surface area contributed by atoms with E-state index in [0.717, 1.165) is 25.7 Å². The Morgan fingerprint density at radius 1 is 1.24 bits per heavy atom. The average molecular weight is 442 g/mol. The van der Waals surface area contributed by atoms with Crippen molar-refractivity contribution in [1.82, 2.24) is 0 Å². The standard InChI is InChI=1S/C21H27ClO6S/c1-2-29(26,27)18-11-10-17(20(24)25)19(22)21(18,15-8-5-9-16(23)12-15)28-13-14-6-3-4-7-14/h10-12,14,19H,2-9,13H2,1H3,(H,24,25)/p-1. The van der Waals surface area contributed by atoms with E-state index in [1.165, 1.54) is 25.2 Å². The Hall–Kier alpha value is -1.44. The van der Waals surface area contributed by atoms with Crippen molar-refractivity contribution in [3.63, 3.8) is 0 Å². The third kappa shape index (κ3) is 4.23. The number of sulfone groups is 1. The van der Waals surface area contributed by atoms with Gasteiger partial charge in [-0.2, -0.15) is 0 Å². The van der Waals surface area contributed by atoms with Crippen LogP contribution in [0.25, 0.3) is 0 Å². The molecule has 0 radical (unpaired) electrons. The summed E-state index contributed by atoms with van der Waals surface area (Å²) < 4.78 is 32.3. The molecule has 3 rings (SSSR count). The van der Waals surface area contributed by atoms with Gasteiger partial charge in [0.25, 0.3) is 0 Å². The molecule has 2 atom stereocenters. The van der Waals surface area contributed by atoms with Gasteiger partial charge in [0, 0.05) is 6.42 Å². The summed E-state index contributed by atoms with van der Waals surface area (Å²) in [6.45, 7) is 1.77. The van der Waals surface area contributed by atoms with E-state index in [9.17, 15) is 23.1 Å². The Morgan fingerprint density at radius 2 is 1.93 bits per heavy atom. The first kappa shape index (κ1) is 22.2. The molecule has 0 spiro atoms. The number of ketones is 1. The predicted octanol–water partition coefficient (Wildman–Crippen LogP) is 2.23. The lowest BCUT2D eigenvalue weighted by Gasteiger charge is -2.45. The molecular formula is C21H26ClO6S-. The number of ether oxygens (including phenoxy) is 1. The highest BCUT2D eigenvalue weighted by molar-refractivity contribution is 7.95. The number of aliphatic carboxylic acids is 1. The van der Waals surface area contributed by atoms with Gasteiger partial charge in [0.2, 0.25) is 0 Å². The van der Waals surface area contributed by atoms with Crippen molar-refractivity contribution in [3.8, 4) is 0 Å². The summed E-state index contributed by atoms with van der Waals surface area (Å²) in [6, 6.07) is 0. The Labute approximate surface area is 176 Å². The zero-order chi connectivity index (χ0) is 21.2. The number of carbonyl (C=O) groups is 2. The summed E-state index contributed by atoms with van der Waals surface area (Å²) in [6.07, 6.45) is 9.22. The van der Waals surface area contributed by atoms with E-state index in [-0.39, 0.29) is 34.5 Å². The van der Waals surface area contributed by atoms with Crippen molar-refractivity contribution in [3.05, 3.63) is 34.3 Å². The number of carboxylic acids is 1. The highest BCUT2D eigenvalue weighted by Crippen LogP contribution is 2.48. The van der Waals surface area contributed by atoms with Gasteiger partial charge in [0.1, 0.15) is 5.60 Å². The van der Waals surface area contributed by atoms with Gasteiger partial charge in [-0.25, -0.2) is 8.42 Å². The monoisotopic (exact) mass is 441 g/mol. The van der Waals surface area contributed by atoms with E-state index in [0.29, 0.717) is 24.8 Å². The van der Waals surface area contributed by atoms with Gasteiger partial charge >= 0.3 is 0 Å². The molecule has 0 aromatic rings. The van der Waals surface area contributed by atoms with Crippen LogP contribution in [-0.4, -0.2) is 43.5 Å². The highest BCUT2D eigenvalue weighted by atomic mass is 35.5. The lowest BCUT2D eigenvalue weighted by molar-refractivity contribution is -0.299. The lowest BCUT2D eigenvalue weighted by Crippen LogP contribution is -2.53. The number of carbonyl (C=O) groups excluding carboxylic acids is 2. The molecule has 0 N–H and O–H groups in total. The number of rotatable bonds is 7. The number of hydrogen-bond donors (Lipinski definition) is 0. The fraction of sp³-hybridized carbons (Fsp3) is 0.619. The van der Waals surface area contributed by atoms with E-state index >= 15 is 0 Å². The van der Waals surface area contributed by atoms with Gasteiger partial charge in [-0.15, -0.1) is 11.6 Å². The Balaban J connectivity index is 2.17. The van der Waals surface area contributed by atoms with Crippen molar-refractivity contribution in [1.29, 1.82) is 0 Å². The maximum atomic E-state index is 13.0. The number of allylic oxidation sites excluding steroid dienone is 3. The molecule has 3 aliphatic rings. The van der Waals surface area contributed by atoms with Crippen LogP contribution in [0.1, 0.15) is 51.9 Å². The second-order valence-electron chi connectivity index (χ2n) is 7.89. The minimum absolute atomic E-state index is 0.0727. The predicted molar refractivity (Wildman–Crippen MR) is 108 cm³/mol. The molecule has 160 valence electrons. The summed E-state index contributed by atoms with van der Waals surface area (Å²) in [7, 11) is -3.78. The number of carboxylic acid groups (broad SMARTS) is 1. The van der Waals surface area contributed by atoms with Crippen LogP contribution in [0.15, 0.2) is 34.3 Å². The van der Waals surface area contributed by atoms with Crippen LogP contribution < -0.4 is 5.11 Å². The second-order valence-corrected chi connectivity index (χ2v) is 10.6. The normalized spacial score (nSPS) is 28.7. The molecule has 0 saturated heterocycles. The van der Waals surface area contributed by atoms with Crippen molar-refractivity contribution in [2.75, 3.05) is 12.4 Å². The molecule has 1 saturated carbocycles. The van der Waals surface area contributed by atoms with Gasteiger partial charge < -0.3 is 14.6 Å². The van der Waals surface area contributed by atoms with Crippen LogP contribution in [0.3, 0.4) is 0 Å². The SMILES string of the molecule is CCS(=O)(=O)C1=CC=C(C(=O)[O-])C(Cl)C1(OCC1CCCC1)C1=CC(=O)CCC1.